The van der Waals surface area contributed by atoms with Gasteiger partial charge in [0.25, 0.3) is 11.8 Å². The van der Waals surface area contributed by atoms with Gasteiger partial charge in [0.1, 0.15) is 0 Å². The highest BCUT2D eigenvalue weighted by Crippen LogP contribution is 2.12. The molecular weight excluding hydrogens is 360 g/mol. The first-order valence-corrected chi connectivity index (χ1v) is 8.92. The fraction of sp³-hybridized carbons (Fsp3) is 0.118. The summed E-state index contributed by atoms with van der Waals surface area (Å²) in [5.41, 5.74) is 0.251. The molecular formula is C17H16N2O6S. The van der Waals surface area contributed by atoms with Crippen LogP contribution in [0.4, 0.5) is 0 Å². The van der Waals surface area contributed by atoms with Crippen molar-refractivity contribution in [3.8, 4) is 0 Å². The molecule has 0 bridgehead atoms. The lowest BCUT2D eigenvalue weighted by Gasteiger charge is -2.07. The third-order valence-electron chi connectivity index (χ3n) is 3.27. The summed E-state index contributed by atoms with van der Waals surface area (Å²) in [5, 5.41) is 2.09. The van der Waals surface area contributed by atoms with Crippen LogP contribution < -0.4 is 10.0 Å². The highest BCUT2D eigenvalue weighted by Gasteiger charge is 2.17. The SMILES string of the molecule is CNS(=O)(=O)c1cccc(C(=O)OCC(=O)NC(=O)c2ccccc2)c1. The highest BCUT2D eigenvalue weighted by atomic mass is 32.2. The summed E-state index contributed by atoms with van der Waals surface area (Å²) in [6.07, 6.45) is 0. The zero-order chi connectivity index (χ0) is 19.2. The van der Waals surface area contributed by atoms with Gasteiger partial charge in [-0.25, -0.2) is 17.9 Å². The molecule has 0 aliphatic carbocycles. The van der Waals surface area contributed by atoms with E-state index < -0.39 is 34.4 Å². The van der Waals surface area contributed by atoms with Crippen LogP contribution >= 0.6 is 0 Å². The van der Waals surface area contributed by atoms with Gasteiger partial charge in [0.05, 0.1) is 10.5 Å². The lowest BCUT2D eigenvalue weighted by Crippen LogP contribution is -2.34. The van der Waals surface area contributed by atoms with E-state index in [2.05, 4.69) is 10.0 Å². The first-order valence-electron chi connectivity index (χ1n) is 7.43. The van der Waals surface area contributed by atoms with Crippen molar-refractivity contribution in [3.63, 3.8) is 0 Å². The van der Waals surface area contributed by atoms with Gasteiger partial charge < -0.3 is 4.74 Å². The maximum absolute atomic E-state index is 12.0. The van der Waals surface area contributed by atoms with Gasteiger partial charge in [0, 0.05) is 5.56 Å². The van der Waals surface area contributed by atoms with Crippen LogP contribution in [0.3, 0.4) is 0 Å². The number of nitrogens with one attached hydrogen (secondary N) is 2. The van der Waals surface area contributed by atoms with Crippen molar-refractivity contribution >= 4 is 27.8 Å². The molecule has 136 valence electrons. The molecule has 0 fully saturated rings. The van der Waals surface area contributed by atoms with E-state index in [1.165, 1.54) is 37.4 Å². The molecule has 2 amide bonds. The van der Waals surface area contributed by atoms with Crippen molar-refractivity contribution in [2.24, 2.45) is 0 Å². The maximum Gasteiger partial charge on any atom is 0.338 e. The van der Waals surface area contributed by atoms with E-state index in [1.54, 1.807) is 18.2 Å². The average Bonchev–Trinajstić information content (AvgIpc) is 2.66. The minimum absolute atomic E-state index is 0.0384. The first kappa shape index (κ1) is 19.3. The number of ether oxygens (including phenoxy) is 1. The number of hydrogen-bond acceptors (Lipinski definition) is 6. The van der Waals surface area contributed by atoms with Gasteiger partial charge in [0.2, 0.25) is 10.0 Å². The lowest BCUT2D eigenvalue weighted by atomic mass is 10.2. The fourth-order valence-corrected chi connectivity index (χ4v) is 2.72. The smallest absolute Gasteiger partial charge is 0.338 e. The Morgan fingerprint density at radius 3 is 2.27 bits per heavy atom. The van der Waals surface area contributed by atoms with Crippen LogP contribution in [0.25, 0.3) is 0 Å². The van der Waals surface area contributed by atoms with Gasteiger partial charge in [-0.05, 0) is 37.4 Å². The molecule has 2 aromatic carbocycles. The molecule has 0 radical (unpaired) electrons. The monoisotopic (exact) mass is 376 g/mol. The second-order valence-electron chi connectivity index (χ2n) is 5.05. The second kappa shape index (κ2) is 8.37. The minimum atomic E-state index is -3.71. The molecule has 0 heterocycles. The Labute approximate surface area is 150 Å². The molecule has 0 aliphatic rings. The topological polar surface area (TPSA) is 119 Å². The Morgan fingerprint density at radius 2 is 1.62 bits per heavy atom. The van der Waals surface area contributed by atoms with Crippen molar-refractivity contribution in [1.82, 2.24) is 10.0 Å². The van der Waals surface area contributed by atoms with E-state index >= 15 is 0 Å². The van der Waals surface area contributed by atoms with Crippen LogP contribution in [0, 0.1) is 0 Å². The summed E-state index contributed by atoms with van der Waals surface area (Å²) in [6.45, 7) is -0.680. The standard InChI is InChI=1S/C17H16N2O6S/c1-18-26(23,24)14-9-5-8-13(10-14)17(22)25-11-15(20)19-16(21)12-6-3-2-4-7-12/h2-10,18H,11H2,1H3,(H,19,20,21). The Hall–Kier alpha value is -3.04. The molecule has 0 saturated heterocycles. The quantitative estimate of drug-likeness (QED) is 0.717. The number of amides is 2. The number of carbonyl (C=O) groups excluding carboxylic acids is 3. The molecule has 2 N–H and O–H groups in total. The van der Waals surface area contributed by atoms with Crippen LogP contribution in [0.1, 0.15) is 20.7 Å². The van der Waals surface area contributed by atoms with E-state index in [-0.39, 0.29) is 16.0 Å². The van der Waals surface area contributed by atoms with E-state index in [0.717, 1.165) is 6.07 Å². The molecule has 0 unspecified atom stereocenters. The Balaban J connectivity index is 1.95. The molecule has 0 aliphatic heterocycles. The van der Waals surface area contributed by atoms with E-state index in [4.69, 9.17) is 4.74 Å². The summed E-state index contributed by atoms with van der Waals surface area (Å²) in [5.74, 6) is -2.31. The van der Waals surface area contributed by atoms with E-state index in [0.29, 0.717) is 0 Å². The Morgan fingerprint density at radius 1 is 0.962 bits per heavy atom. The van der Waals surface area contributed by atoms with Crippen LogP contribution in [0.5, 0.6) is 0 Å². The predicted molar refractivity (Wildman–Crippen MR) is 91.9 cm³/mol. The molecule has 2 rings (SSSR count). The van der Waals surface area contributed by atoms with Crippen molar-refractivity contribution in [2.75, 3.05) is 13.7 Å². The van der Waals surface area contributed by atoms with Crippen LogP contribution in [0.15, 0.2) is 59.5 Å². The predicted octanol–water partition coefficient (Wildman–Crippen LogP) is 0.708. The van der Waals surface area contributed by atoms with Crippen molar-refractivity contribution < 1.29 is 27.5 Å². The van der Waals surface area contributed by atoms with E-state index in [9.17, 15) is 22.8 Å². The number of carbonyl (C=O) groups is 3. The Kier molecular flexibility index (Phi) is 6.21. The number of benzene rings is 2. The summed E-state index contributed by atoms with van der Waals surface area (Å²) in [4.78, 5) is 35.4. The summed E-state index contributed by atoms with van der Waals surface area (Å²) >= 11 is 0. The molecule has 2 aromatic rings. The second-order valence-corrected chi connectivity index (χ2v) is 6.94. The third kappa shape index (κ3) is 4.98. The molecule has 0 spiro atoms. The number of sulfonamides is 1. The van der Waals surface area contributed by atoms with Crippen LogP contribution in [0.2, 0.25) is 0 Å². The summed E-state index contributed by atoms with van der Waals surface area (Å²) < 4.78 is 30.4. The molecule has 0 saturated carbocycles. The molecule has 26 heavy (non-hydrogen) atoms. The zero-order valence-electron chi connectivity index (χ0n) is 13.8. The summed E-state index contributed by atoms with van der Waals surface area (Å²) in [7, 11) is -2.47. The van der Waals surface area contributed by atoms with Gasteiger partial charge in [-0.2, -0.15) is 0 Å². The number of hydrogen-bond donors (Lipinski definition) is 2. The molecule has 9 heteroatoms. The Bertz CT molecular complexity index is 925. The van der Waals surface area contributed by atoms with E-state index in [1.807, 2.05) is 0 Å². The average molecular weight is 376 g/mol. The molecule has 8 nitrogen and oxygen atoms in total. The molecule has 0 atom stereocenters. The first-order chi connectivity index (χ1) is 12.3. The van der Waals surface area contributed by atoms with Crippen molar-refractivity contribution in [2.45, 2.75) is 4.90 Å². The number of imide groups is 1. The van der Waals surface area contributed by atoms with Gasteiger partial charge in [-0.15, -0.1) is 0 Å². The van der Waals surface area contributed by atoms with Crippen molar-refractivity contribution in [3.05, 3.63) is 65.7 Å². The fourth-order valence-electron chi connectivity index (χ4n) is 1.95. The normalized spacial score (nSPS) is 10.8. The van der Waals surface area contributed by atoms with Gasteiger partial charge in [-0.1, -0.05) is 24.3 Å². The van der Waals surface area contributed by atoms with Gasteiger partial charge in [-0.3, -0.25) is 14.9 Å². The molecule has 0 aromatic heterocycles. The maximum atomic E-state index is 12.0. The highest BCUT2D eigenvalue weighted by molar-refractivity contribution is 7.89. The lowest BCUT2D eigenvalue weighted by molar-refractivity contribution is -0.123. The van der Waals surface area contributed by atoms with Crippen LogP contribution in [-0.4, -0.2) is 39.9 Å². The van der Waals surface area contributed by atoms with Gasteiger partial charge >= 0.3 is 5.97 Å². The zero-order valence-corrected chi connectivity index (χ0v) is 14.6. The number of esters is 1. The number of rotatable bonds is 6. The van der Waals surface area contributed by atoms with Crippen LogP contribution in [-0.2, 0) is 19.6 Å². The largest absolute Gasteiger partial charge is 0.452 e. The summed E-state index contributed by atoms with van der Waals surface area (Å²) in [6, 6.07) is 13.2. The minimum Gasteiger partial charge on any atom is -0.452 e. The third-order valence-corrected chi connectivity index (χ3v) is 4.68. The van der Waals surface area contributed by atoms with Gasteiger partial charge in [0.15, 0.2) is 6.61 Å². The van der Waals surface area contributed by atoms with Crippen molar-refractivity contribution in [1.29, 1.82) is 0 Å².